The third kappa shape index (κ3) is 39.8. The lowest BCUT2D eigenvalue weighted by Crippen LogP contribution is -2.30. The van der Waals surface area contributed by atoms with E-state index >= 15 is 0 Å². The lowest BCUT2D eigenvalue weighted by Gasteiger charge is -2.18. The molecule has 0 aromatic heterocycles. The summed E-state index contributed by atoms with van der Waals surface area (Å²) >= 11 is 0. The quantitative estimate of drug-likeness (QED) is 0.0207. The molecule has 1 atom stereocenters. The Kier molecular flexibility index (Phi) is 39.7. The lowest BCUT2D eigenvalue weighted by atomic mass is 10.1. The van der Waals surface area contributed by atoms with Gasteiger partial charge in [-0.05, 0) is 83.5 Å². The van der Waals surface area contributed by atoms with Gasteiger partial charge in [0.1, 0.15) is 13.2 Å². The molecule has 0 amide bonds. The smallest absolute Gasteiger partial charge is 0.306 e. The predicted molar refractivity (Wildman–Crippen MR) is 228 cm³/mol. The number of hydrogen-bond acceptors (Lipinski definition) is 6. The maximum absolute atomic E-state index is 12.7. The van der Waals surface area contributed by atoms with Gasteiger partial charge in [0.15, 0.2) is 6.10 Å². The van der Waals surface area contributed by atoms with Crippen molar-refractivity contribution in [3.8, 4) is 0 Å². The molecule has 0 rings (SSSR count). The highest BCUT2D eigenvalue weighted by molar-refractivity contribution is 5.71. The fourth-order valence-corrected chi connectivity index (χ4v) is 5.49. The molecule has 0 aliphatic carbocycles. The molecule has 0 radical (unpaired) electrons. The van der Waals surface area contributed by atoms with E-state index in [1.807, 2.05) is 36.5 Å². The summed E-state index contributed by atoms with van der Waals surface area (Å²) in [6, 6.07) is 0. The van der Waals surface area contributed by atoms with Gasteiger partial charge in [0.05, 0.1) is 0 Å². The number of ether oxygens (including phenoxy) is 3. The van der Waals surface area contributed by atoms with Crippen LogP contribution in [0.15, 0.2) is 85.1 Å². The molecule has 0 spiro atoms. The van der Waals surface area contributed by atoms with Gasteiger partial charge in [0.2, 0.25) is 0 Å². The van der Waals surface area contributed by atoms with Gasteiger partial charge < -0.3 is 14.2 Å². The molecule has 54 heavy (non-hydrogen) atoms. The zero-order valence-corrected chi connectivity index (χ0v) is 34.7. The zero-order chi connectivity index (χ0) is 39.4. The first kappa shape index (κ1) is 50.6. The molecule has 0 saturated heterocycles. The summed E-state index contributed by atoms with van der Waals surface area (Å²) in [6.07, 6.45) is 52.9. The van der Waals surface area contributed by atoms with Gasteiger partial charge in [-0.25, -0.2) is 0 Å². The minimum atomic E-state index is -0.808. The SMILES string of the molecule is CC\C=C/C=C\C=C/C=C\CCCCCC(=O)OC(COC(=O)CCC/C=C\CCCCCC)COC(=O)CCCCCCCCC/C=C\C/C=C\CC. The maximum Gasteiger partial charge on any atom is 0.306 e. The van der Waals surface area contributed by atoms with E-state index in [4.69, 9.17) is 14.2 Å². The van der Waals surface area contributed by atoms with Gasteiger partial charge in [-0.15, -0.1) is 0 Å². The van der Waals surface area contributed by atoms with Crippen LogP contribution in [-0.4, -0.2) is 37.2 Å². The molecule has 0 bridgehead atoms. The molecule has 0 aromatic rings. The Balaban J connectivity index is 4.48. The van der Waals surface area contributed by atoms with Gasteiger partial charge >= 0.3 is 17.9 Å². The highest BCUT2D eigenvalue weighted by atomic mass is 16.6. The highest BCUT2D eigenvalue weighted by Crippen LogP contribution is 2.12. The second-order valence-corrected chi connectivity index (χ2v) is 13.9. The molecule has 0 N–H and O–H groups in total. The van der Waals surface area contributed by atoms with Crippen LogP contribution in [0.1, 0.15) is 181 Å². The van der Waals surface area contributed by atoms with Gasteiger partial charge in [0, 0.05) is 19.3 Å². The lowest BCUT2D eigenvalue weighted by molar-refractivity contribution is -0.167. The third-order valence-corrected chi connectivity index (χ3v) is 8.71. The minimum absolute atomic E-state index is 0.107. The summed E-state index contributed by atoms with van der Waals surface area (Å²) in [5.74, 6) is -1.00. The van der Waals surface area contributed by atoms with Crippen molar-refractivity contribution in [3.05, 3.63) is 85.1 Å². The second-order valence-electron chi connectivity index (χ2n) is 13.9. The summed E-state index contributed by atoms with van der Waals surface area (Å²) in [6.45, 7) is 6.26. The van der Waals surface area contributed by atoms with Gasteiger partial charge in [-0.1, -0.05) is 164 Å². The molecule has 306 valence electrons. The molecular weight excluding hydrogens is 673 g/mol. The fraction of sp³-hybridized carbons (Fsp3) is 0.646. The van der Waals surface area contributed by atoms with Crippen molar-refractivity contribution >= 4 is 17.9 Å². The molecule has 6 nitrogen and oxygen atoms in total. The van der Waals surface area contributed by atoms with Gasteiger partial charge in [-0.3, -0.25) is 14.4 Å². The Morgan fingerprint density at radius 2 is 0.833 bits per heavy atom. The standard InChI is InChI=1S/C48H78O6/c1-4-7-10-13-16-19-21-23-25-26-29-32-35-38-41-47(50)53-44-45(43-52-46(49)40-37-34-31-28-18-15-12-9-6-3)54-48(51)42-39-36-33-30-27-24-22-20-17-14-11-8-5-2/h7-8,10-11,14,16-17,19-20,22,24,27-28,31,45H,4-6,9,12-13,15,18,21,23,25-26,29-30,32-44H2,1-3H3/b10-7-,11-8-,17-14-,19-16-,22-20-,27-24-,31-28-. The normalized spacial score (nSPS) is 12.9. The third-order valence-electron chi connectivity index (χ3n) is 8.71. The molecule has 6 heteroatoms. The summed E-state index contributed by atoms with van der Waals surface area (Å²) in [4.78, 5) is 37.6. The number of rotatable bonds is 37. The van der Waals surface area contributed by atoms with Gasteiger partial charge in [-0.2, -0.15) is 0 Å². The molecule has 1 unspecified atom stereocenters. The van der Waals surface area contributed by atoms with Crippen LogP contribution in [0.2, 0.25) is 0 Å². The van der Waals surface area contributed by atoms with E-state index in [0.29, 0.717) is 25.7 Å². The van der Waals surface area contributed by atoms with Crippen LogP contribution in [-0.2, 0) is 28.6 Å². The second kappa shape index (κ2) is 42.3. The van der Waals surface area contributed by atoms with Crippen molar-refractivity contribution in [1.29, 1.82) is 0 Å². The average Bonchev–Trinajstić information content (AvgIpc) is 3.17. The van der Waals surface area contributed by atoms with E-state index < -0.39 is 6.10 Å². The molecule has 0 heterocycles. The van der Waals surface area contributed by atoms with Crippen LogP contribution in [0.4, 0.5) is 0 Å². The fourth-order valence-electron chi connectivity index (χ4n) is 5.49. The minimum Gasteiger partial charge on any atom is -0.462 e. The number of carbonyl (C=O) groups is 3. The van der Waals surface area contributed by atoms with Crippen molar-refractivity contribution in [1.82, 2.24) is 0 Å². The highest BCUT2D eigenvalue weighted by Gasteiger charge is 2.19. The van der Waals surface area contributed by atoms with Crippen LogP contribution in [0.3, 0.4) is 0 Å². The van der Waals surface area contributed by atoms with Crippen LogP contribution >= 0.6 is 0 Å². The summed E-state index contributed by atoms with van der Waals surface area (Å²) in [7, 11) is 0. The van der Waals surface area contributed by atoms with E-state index in [-0.39, 0.29) is 37.5 Å². The number of hydrogen-bond donors (Lipinski definition) is 0. The summed E-state index contributed by atoms with van der Waals surface area (Å²) in [5.41, 5.74) is 0. The monoisotopic (exact) mass is 751 g/mol. The molecule has 0 aliphatic rings. The predicted octanol–water partition coefficient (Wildman–Crippen LogP) is 13.7. The molecular formula is C48H78O6. The number of carbonyl (C=O) groups excluding carboxylic acids is 3. The number of allylic oxidation sites excluding steroid dienone is 14. The maximum atomic E-state index is 12.7. The van der Waals surface area contributed by atoms with Crippen molar-refractivity contribution in [2.45, 2.75) is 187 Å². The summed E-state index contributed by atoms with van der Waals surface area (Å²) in [5, 5.41) is 0. The van der Waals surface area contributed by atoms with Crippen molar-refractivity contribution in [2.24, 2.45) is 0 Å². The summed E-state index contributed by atoms with van der Waals surface area (Å²) < 4.78 is 16.6. The Morgan fingerprint density at radius 3 is 1.44 bits per heavy atom. The molecule has 0 saturated carbocycles. The van der Waals surface area contributed by atoms with Crippen molar-refractivity contribution in [3.63, 3.8) is 0 Å². The Labute approximate surface area is 331 Å². The average molecular weight is 751 g/mol. The van der Waals surface area contributed by atoms with Crippen molar-refractivity contribution in [2.75, 3.05) is 13.2 Å². The van der Waals surface area contributed by atoms with Crippen LogP contribution < -0.4 is 0 Å². The van der Waals surface area contributed by atoms with E-state index in [2.05, 4.69) is 69.4 Å². The Bertz CT molecular complexity index is 1090. The Hall–Kier alpha value is -3.41. The van der Waals surface area contributed by atoms with Crippen LogP contribution in [0.25, 0.3) is 0 Å². The largest absolute Gasteiger partial charge is 0.462 e. The molecule has 0 aliphatic heterocycles. The first-order valence-corrected chi connectivity index (χ1v) is 21.6. The first-order chi connectivity index (χ1) is 26.5. The Morgan fingerprint density at radius 1 is 0.407 bits per heavy atom. The number of unbranched alkanes of at least 4 members (excludes halogenated alkanes) is 15. The van der Waals surface area contributed by atoms with E-state index in [1.165, 1.54) is 51.4 Å². The van der Waals surface area contributed by atoms with Crippen LogP contribution in [0, 0.1) is 0 Å². The van der Waals surface area contributed by atoms with Crippen LogP contribution in [0.5, 0.6) is 0 Å². The van der Waals surface area contributed by atoms with Crippen molar-refractivity contribution < 1.29 is 28.6 Å². The zero-order valence-electron chi connectivity index (χ0n) is 34.7. The molecule has 0 fully saturated rings. The first-order valence-electron chi connectivity index (χ1n) is 21.6. The topological polar surface area (TPSA) is 78.9 Å². The van der Waals surface area contributed by atoms with E-state index in [1.54, 1.807) is 0 Å². The van der Waals surface area contributed by atoms with Gasteiger partial charge in [0.25, 0.3) is 0 Å². The number of esters is 3. The van der Waals surface area contributed by atoms with E-state index in [9.17, 15) is 14.4 Å². The molecule has 0 aromatic carbocycles. The van der Waals surface area contributed by atoms with E-state index in [0.717, 1.165) is 77.0 Å².